The first-order chi connectivity index (χ1) is 10.0. The highest BCUT2D eigenvalue weighted by Gasteiger charge is 2.14. The van der Waals surface area contributed by atoms with Gasteiger partial charge in [-0.05, 0) is 33.4 Å². The first-order valence-electron chi connectivity index (χ1n) is 7.38. The maximum atomic E-state index is 12.2. The smallest absolute Gasteiger partial charge is 0.253 e. The van der Waals surface area contributed by atoms with Gasteiger partial charge in [0.15, 0.2) is 5.65 Å². The Kier molecular flexibility index (Phi) is 4.90. The number of fused-ring (bicyclic) bond motifs is 1. The van der Waals surface area contributed by atoms with Crippen molar-refractivity contribution in [3.8, 4) is 0 Å². The second-order valence-electron chi connectivity index (χ2n) is 5.33. The highest BCUT2D eigenvalue weighted by atomic mass is 16.1. The van der Waals surface area contributed by atoms with E-state index in [9.17, 15) is 4.79 Å². The van der Waals surface area contributed by atoms with E-state index in [4.69, 9.17) is 0 Å². The minimum absolute atomic E-state index is 0.0860. The average molecular weight is 289 g/mol. The molecule has 2 heterocycles. The molecule has 0 saturated carbocycles. The van der Waals surface area contributed by atoms with Crippen LogP contribution in [0.1, 0.15) is 42.9 Å². The molecule has 6 heteroatoms. The molecule has 0 aliphatic heterocycles. The first kappa shape index (κ1) is 15.4. The molecule has 0 unspecified atom stereocenters. The van der Waals surface area contributed by atoms with Crippen LogP contribution in [-0.4, -0.2) is 40.3 Å². The average Bonchev–Trinajstić information content (AvgIpc) is 2.85. The summed E-state index contributed by atoms with van der Waals surface area (Å²) >= 11 is 0. The molecule has 0 fully saturated rings. The maximum Gasteiger partial charge on any atom is 0.253 e. The lowest BCUT2D eigenvalue weighted by Crippen LogP contribution is -2.32. The van der Waals surface area contributed by atoms with Gasteiger partial charge in [-0.1, -0.05) is 6.92 Å². The van der Waals surface area contributed by atoms with E-state index >= 15 is 0 Å². The number of rotatable bonds is 6. The Morgan fingerprint density at radius 2 is 2.14 bits per heavy atom. The van der Waals surface area contributed by atoms with Crippen LogP contribution in [0.5, 0.6) is 0 Å². The Bertz CT molecular complexity index is 632. The van der Waals surface area contributed by atoms with Crippen LogP contribution < -0.4 is 10.6 Å². The second-order valence-corrected chi connectivity index (χ2v) is 5.33. The van der Waals surface area contributed by atoms with Crippen molar-refractivity contribution in [3.05, 3.63) is 23.5 Å². The molecule has 0 aliphatic carbocycles. The Morgan fingerprint density at radius 3 is 2.81 bits per heavy atom. The van der Waals surface area contributed by atoms with Gasteiger partial charge in [0.2, 0.25) is 0 Å². The van der Waals surface area contributed by atoms with Gasteiger partial charge >= 0.3 is 0 Å². The van der Waals surface area contributed by atoms with E-state index in [-0.39, 0.29) is 11.9 Å². The van der Waals surface area contributed by atoms with E-state index in [0.29, 0.717) is 12.1 Å². The Morgan fingerprint density at radius 1 is 1.38 bits per heavy atom. The number of nitrogens with one attached hydrogen (secondary N) is 2. The van der Waals surface area contributed by atoms with Gasteiger partial charge in [0.05, 0.1) is 17.5 Å². The van der Waals surface area contributed by atoms with Crippen molar-refractivity contribution in [1.82, 2.24) is 25.4 Å². The van der Waals surface area contributed by atoms with Crippen molar-refractivity contribution in [3.63, 3.8) is 0 Å². The second kappa shape index (κ2) is 6.67. The van der Waals surface area contributed by atoms with Crippen molar-refractivity contribution in [2.75, 3.05) is 19.6 Å². The third-order valence-corrected chi connectivity index (χ3v) is 3.33. The largest absolute Gasteiger partial charge is 0.351 e. The molecule has 2 rings (SSSR count). The van der Waals surface area contributed by atoms with Gasteiger partial charge in [-0.2, -0.15) is 5.10 Å². The molecular formula is C15H23N5O. The van der Waals surface area contributed by atoms with Crippen LogP contribution in [-0.2, 0) is 0 Å². The Labute approximate surface area is 124 Å². The molecule has 0 aliphatic rings. The summed E-state index contributed by atoms with van der Waals surface area (Å²) in [5.41, 5.74) is 2.17. The molecule has 0 bridgehead atoms. The summed E-state index contributed by atoms with van der Waals surface area (Å²) in [7, 11) is 0. The third-order valence-electron chi connectivity index (χ3n) is 3.33. The molecule has 0 aromatic carbocycles. The van der Waals surface area contributed by atoms with Crippen LogP contribution >= 0.6 is 0 Å². The van der Waals surface area contributed by atoms with Crippen LogP contribution in [0.25, 0.3) is 11.0 Å². The van der Waals surface area contributed by atoms with Gasteiger partial charge in [-0.3, -0.25) is 4.79 Å². The zero-order chi connectivity index (χ0) is 15.4. The van der Waals surface area contributed by atoms with Gasteiger partial charge in [-0.15, -0.1) is 0 Å². The van der Waals surface area contributed by atoms with Gasteiger partial charge in [-0.25, -0.2) is 9.67 Å². The summed E-state index contributed by atoms with van der Waals surface area (Å²) in [6, 6.07) is 2.11. The minimum atomic E-state index is -0.0860. The highest BCUT2D eigenvalue weighted by molar-refractivity contribution is 5.98. The van der Waals surface area contributed by atoms with Crippen LogP contribution in [0.15, 0.2) is 12.3 Å². The topological polar surface area (TPSA) is 71.8 Å². The molecule has 2 aromatic rings. The molecular weight excluding hydrogens is 266 g/mol. The quantitative estimate of drug-likeness (QED) is 0.793. The van der Waals surface area contributed by atoms with Crippen LogP contribution in [0.2, 0.25) is 0 Å². The molecule has 0 radical (unpaired) electrons. The van der Waals surface area contributed by atoms with Crippen LogP contribution in [0.3, 0.4) is 0 Å². The van der Waals surface area contributed by atoms with Crippen LogP contribution in [0, 0.1) is 6.92 Å². The molecule has 114 valence electrons. The number of likely N-dealkylation sites (N-methyl/N-ethyl adjacent to an activating group) is 1. The molecule has 6 nitrogen and oxygen atoms in total. The number of carbonyl (C=O) groups is 1. The molecule has 0 atom stereocenters. The lowest BCUT2D eigenvalue weighted by Gasteiger charge is -2.10. The van der Waals surface area contributed by atoms with Gasteiger partial charge in [0, 0.05) is 24.5 Å². The van der Waals surface area contributed by atoms with Gasteiger partial charge < -0.3 is 10.6 Å². The fourth-order valence-electron chi connectivity index (χ4n) is 2.21. The Balaban J connectivity index is 2.21. The number of amides is 1. The van der Waals surface area contributed by atoms with E-state index in [1.165, 1.54) is 0 Å². The van der Waals surface area contributed by atoms with Crippen molar-refractivity contribution in [2.24, 2.45) is 0 Å². The monoisotopic (exact) mass is 289 g/mol. The van der Waals surface area contributed by atoms with Crippen molar-refractivity contribution in [2.45, 2.75) is 33.7 Å². The predicted octanol–water partition coefficient (Wildman–Crippen LogP) is 1.66. The fourth-order valence-corrected chi connectivity index (χ4v) is 2.21. The first-order valence-corrected chi connectivity index (χ1v) is 7.38. The van der Waals surface area contributed by atoms with E-state index < -0.39 is 0 Å². The number of aromatic nitrogens is 3. The lowest BCUT2D eigenvalue weighted by atomic mass is 10.1. The highest BCUT2D eigenvalue weighted by Crippen LogP contribution is 2.19. The minimum Gasteiger partial charge on any atom is -0.351 e. The standard InChI is InChI=1S/C15H23N5O/c1-5-16-6-7-17-15(21)13-8-12-9-18-20(10(2)3)14(12)19-11(13)4/h8-10,16H,5-7H2,1-4H3,(H,17,21). The fraction of sp³-hybridized carbons (Fsp3) is 0.533. The summed E-state index contributed by atoms with van der Waals surface area (Å²) in [4.78, 5) is 16.8. The van der Waals surface area contributed by atoms with E-state index in [0.717, 1.165) is 29.8 Å². The SMILES string of the molecule is CCNCCNC(=O)c1cc2cnn(C(C)C)c2nc1C. The third kappa shape index (κ3) is 3.39. The molecule has 2 aromatic heterocycles. The Hall–Kier alpha value is -1.95. The molecule has 21 heavy (non-hydrogen) atoms. The van der Waals surface area contributed by atoms with Crippen molar-refractivity contribution in [1.29, 1.82) is 0 Å². The van der Waals surface area contributed by atoms with E-state index in [1.807, 2.05) is 24.6 Å². The molecule has 1 amide bonds. The number of hydrogen-bond donors (Lipinski definition) is 2. The molecule has 0 saturated heterocycles. The van der Waals surface area contributed by atoms with E-state index in [1.54, 1.807) is 6.20 Å². The normalized spacial score (nSPS) is 11.3. The van der Waals surface area contributed by atoms with Crippen molar-refractivity contribution < 1.29 is 4.79 Å². The molecule has 2 N–H and O–H groups in total. The summed E-state index contributed by atoms with van der Waals surface area (Å²) in [6.07, 6.45) is 1.76. The van der Waals surface area contributed by atoms with Crippen molar-refractivity contribution >= 4 is 16.9 Å². The molecule has 0 spiro atoms. The van der Waals surface area contributed by atoms with Gasteiger partial charge in [0.1, 0.15) is 0 Å². The van der Waals surface area contributed by atoms with E-state index in [2.05, 4.69) is 34.6 Å². The predicted molar refractivity (Wildman–Crippen MR) is 83.5 cm³/mol. The zero-order valence-electron chi connectivity index (χ0n) is 13.1. The van der Waals surface area contributed by atoms with Crippen LogP contribution in [0.4, 0.5) is 0 Å². The summed E-state index contributed by atoms with van der Waals surface area (Å²) in [5.74, 6) is -0.0860. The number of pyridine rings is 1. The summed E-state index contributed by atoms with van der Waals surface area (Å²) in [5, 5.41) is 11.3. The summed E-state index contributed by atoms with van der Waals surface area (Å²) < 4.78 is 1.87. The lowest BCUT2D eigenvalue weighted by molar-refractivity contribution is 0.0953. The number of nitrogens with zero attached hydrogens (tertiary/aromatic N) is 3. The zero-order valence-corrected chi connectivity index (χ0v) is 13.1. The summed E-state index contributed by atoms with van der Waals surface area (Å²) in [6.45, 7) is 10.3. The maximum absolute atomic E-state index is 12.2. The number of carbonyl (C=O) groups excluding carboxylic acids is 1. The number of hydrogen-bond acceptors (Lipinski definition) is 4. The number of aryl methyl sites for hydroxylation is 1. The van der Waals surface area contributed by atoms with Gasteiger partial charge in [0.25, 0.3) is 5.91 Å².